The van der Waals surface area contributed by atoms with Gasteiger partial charge in [0.2, 0.25) is 0 Å². The van der Waals surface area contributed by atoms with Crippen LogP contribution in [0, 0.1) is 12.8 Å². The van der Waals surface area contributed by atoms with Gasteiger partial charge in [-0.05, 0) is 32.1 Å². The van der Waals surface area contributed by atoms with Crippen molar-refractivity contribution in [3.8, 4) is 0 Å². The molecule has 0 amide bonds. The number of allylic oxidation sites excluding steroid dienone is 2. The zero-order valence-electron chi connectivity index (χ0n) is 4.56. The van der Waals surface area contributed by atoms with E-state index < -0.39 is 0 Å². The second-order valence-corrected chi connectivity index (χ2v) is 2.12. The predicted octanol–water partition coefficient (Wildman–Crippen LogP) is 2.18. The van der Waals surface area contributed by atoms with E-state index in [1.54, 1.807) is 0 Å². The minimum atomic E-state index is 0.605. The van der Waals surface area contributed by atoms with Gasteiger partial charge in [0.25, 0.3) is 0 Å². The summed E-state index contributed by atoms with van der Waals surface area (Å²) in [6.07, 6.45) is 8.32. The van der Waals surface area contributed by atoms with Crippen LogP contribution in [0.3, 0.4) is 0 Å². The Bertz CT molecular complexity index is 72.1. The zero-order valence-corrected chi connectivity index (χ0v) is 4.56. The topological polar surface area (TPSA) is 0 Å². The highest BCUT2D eigenvalue weighted by Crippen LogP contribution is 2.14. The van der Waals surface area contributed by atoms with Crippen LogP contribution >= 0.6 is 0 Å². The van der Waals surface area contributed by atoms with E-state index in [9.17, 15) is 0 Å². The van der Waals surface area contributed by atoms with Crippen molar-refractivity contribution in [2.45, 2.75) is 19.3 Å². The smallest absolute Gasteiger partial charge is 0.0233 e. The molecule has 7 heavy (non-hydrogen) atoms. The summed E-state index contributed by atoms with van der Waals surface area (Å²) in [5.74, 6) is 0.605. The first kappa shape index (κ1) is 4.89. The summed E-state index contributed by atoms with van der Waals surface area (Å²) in [6, 6.07) is 0. The molecule has 0 heteroatoms. The van der Waals surface area contributed by atoms with E-state index in [4.69, 9.17) is 0 Å². The lowest BCUT2D eigenvalue weighted by Gasteiger charge is -2.08. The Labute approximate surface area is 45.2 Å². The third-order valence-corrected chi connectivity index (χ3v) is 1.35. The Balaban J connectivity index is 2.36. The molecule has 1 aliphatic carbocycles. The van der Waals surface area contributed by atoms with Crippen LogP contribution in [0.25, 0.3) is 0 Å². The fourth-order valence-corrected chi connectivity index (χ4v) is 0.883. The maximum Gasteiger partial charge on any atom is -0.0233 e. The van der Waals surface area contributed by atoms with Crippen LogP contribution < -0.4 is 0 Å². The maximum atomic E-state index is 3.91. The van der Waals surface area contributed by atoms with Crippen LogP contribution in [0.1, 0.15) is 19.3 Å². The van der Waals surface area contributed by atoms with Crippen molar-refractivity contribution in [1.82, 2.24) is 0 Å². The molecule has 0 aliphatic heterocycles. The summed E-state index contributed by atoms with van der Waals surface area (Å²) in [5, 5.41) is 0. The number of hydrogen-bond acceptors (Lipinski definition) is 0. The third kappa shape index (κ3) is 1.34. The molecule has 0 saturated heterocycles. The van der Waals surface area contributed by atoms with Crippen LogP contribution in [-0.4, -0.2) is 0 Å². The Kier molecular flexibility index (Phi) is 1.50. The molecule has 0 N–H and O–H groups in total. The quantitative estimate of drug-likeness (QED) is 0.404. The molecule has 0 aromatic rings. The van der Waals surface area contributed by atoms with Crippen LogP contribution in [-0.2, 0) is 0 Å². The molecule has 0 aromatic carbocycles. The first-order chi connectivity index (χ1) is 3.39. The van der Waals surface area contributed by atoms with E-state index in [2.05, 4.69) is 19.1 Å². The zero-order chi connectivity index (χ0) is 5.11. The molecule has 39 valence electrons. The fourth-order valence-electron chi connectivity index (χ4n) is 0.883. The van der Waals surface area contributed by atoms with Gasteiger partial charge >= 0.3 is 0 Å². The van der Waals surface area contributed by atoms with Gasteiger partial charge in [-0.3, -0.25) is 0 Å². The SMILES string of the molecule is [CH2]C1C=CCCC1. The van der Waals surface area contributed by atoms with Crippen molar-refractivity contribution in [2.75, 3.05) is 0 Å². The summed E-state index contributed by atoms with van der Waals surface area (Å²) in [7, 11) is 0. The second kappa shape index (κ2) is 2.15. The highest BCUT2D eigenvalue weighted by Gasteiger charge is 1.99. The molecule has 1 atom stereocenters. The molecule has 0 nitrogen and oxygen atoms in total. The van der Waals surface area contributed by atoms with Gasteiger partial charge in [0.15, 0.2) is 0 Å². The molecule has 0 aromatic heterocycles. The van der Waals surface area contributed by atoms with Crippen LogP contribution in [0.5, 0.6) is 0 Å². The predicted molar refractivity (Wildman–Crippen MR) is 31.8 cm³/mol. The Morgan fingerprint density at radius 3 is 2.71 bits per heavy atom. The molecular formula is C7H11. The lowest BCUT2D eigenvalue weighted by atomic mass is 9.98. The van der Waals surface area contributed by atoms with Crippen LogP contribution in [0.15, 0.2) is 12.2 Å². The van der Waals surface area contributed by atoms with Crippen molar-refractivity contribution in [2.24, 2.45) is 5.92 Å². The van der Waals surface area contributed by atoms with Crippen LogP contribution in [0.4, 0.5) is 0 Å². The molecule has 0 fully saturated rings. The van der Waals surface area contributed by atoms with Crippen LogP contribution in [0.2, 0.25) is 0 Å². The Morgan fingerprint density at radius 1 is 1.57 bits per heavy atom. The van der Waals surface area contributed by atoms with Crippen molar-refractivity contribution in [1.29, 1.82) is 0 Å². The van der Waals surface area contributed by atoms with Gasteiger partial charge in [-0.1, -0.05) is 12.2 Å². The van der Waals surface area contributed by atoms with Gasteiger partial charge in [0.05, 0.1) is 0 Å². The molecular weight excluding hydrogens is 84.1 g/mol. The van der Waals surface area contributed by atoms with E-state index in [1.165, 1.54) is 19.3 Å². The normalized spacial score (nSPS) is 30.7. The van der Waals surface area contributed by atoms with Gasteiger partial charge in [-0.15, -0.1) is 0 Å². The lowest BCUT2D eigenvalue weighted by Crippen LogP contribution is -1.93. The summed E-state index contributed by atoms with van der Waals surface area (Å²) in [4.78, 5) is 0. The average Bonchev–Trinajstić information content (AvgIpc) is 1.69. The third-order valence-electron chi connectivity index (χ3n) is 1.35. The molecule has 1 rings (SSSR count). The standard InChI is InChI=1S/C7H11/c1-7-5-3-2-4-6-7/h3,5,7H,1-2,4,6H2. The van der Waals surface area contributed by atoms with E-state index in [-0.39, 0.29) is 0 Å². The molecule has 1 radical (unpaired) electrons. The maximum absolute atomic E-state index is 3.91. The van der Waals surface area contributed by atoms with E-state index in [0.717, 1.165) is 0 Å². The first-order valence-corrected chi connectivity index (χ1v) is 2.89. The second-order valence-electron chi connectivity index (χ2n) is 2.12. The fraction of sp³-hybridized carbons (Fsp3) is 0.571. The van der Waals surface area contributed by atoms with Gasteiger partial charge in [0, 0.05) is 0 Å². The van der Waals surface area contributed by atoms with Gasteiger partial charge in [-0.25, -0.2) is 0 Å². The summed E-state index contributed by atoms with van der Waals surface area (Å²) >= 11 is 0. The average molecular weight is 95.2 g/mol. The molecule has 1 unspecified atom stereocenters. The largest absolute Gasteiger partial charge is 0.0883 e. The van der Waals surface area contributed by atoms with E-state index >= 15 is 0 Å². The van der Waals surface area contributed by atoms with E-state index in [1.807, 2.05) is 0 Å². The van der Waals surface area contributed by atoms with Gasteiger partial charge in [-0.2, -0.15) is 0 Å². The van der Waals surface area contributed by atoms with Crippen molar-refractivity contribution in [3.63, 3.8) is 0 Å². The molecule has 1 aliphatic rings. The number of rotatable bonds is 0. The highest BCUT2D eigenvalue weighted by molar-refractivity contribution is 4.93. The molecule has 0 bridgehead atoms. The molecule has 0 heterocycles. The summed E-state index contributed by atoms with van der Waals surface area (Å²) < 4.78 is 0. The Morgan fingerprint density at radius 2 is 2.43 bits per heavy atom. The van der Waals surface area contributed by atoms with E-state index in [0.29, 0.717) is 5.92 Å². The lowest BCUT2D eigenvalue weighted by molar-refractivity contribution is 0.628. The summed E-state index contributed by atoms with van der Waals surface area (Å²) in [6.45, 7) is 3.91. The van der Waals surface area contributed by atoms with Crippen molar-refractivity contribution >= 4 is 0 Å². The van der Waals surface area contributed by atoms with Crippen molar-refractivity contribution < 1.29 is 0 Å². The first-order valence-electron chi connectivity index (χ1n) is 2.89. The monoisotopic (exact) mass is 95.1 g/mol. The van der Waals surface area contributed by atoms with Crippen molar-refractivity contribution in [3.05, 3.63) is 19.1 Å². The minimum absolute atomic E-state index is 0.605. The molecule has 0 spiro atoms. The minimum Gasteiger partial charge on any atom is -0.0883 e. The molecule has 0 saturated carbocycles. The number of hydrogen-bond donors (Lipinski definition) is 0. The Hall–Kier alpha value is -0.260. The van der Waals surface area contributed by atoms with Gasteiger partial charge in [0.1, 0.15) is 0 Å². The highest BCUT2D eigenvalue weighted by atomic mass is 14.0. The van der Waals surface area contributed by atoms with Gasteiger partial charge < -0.3 is 0 Å². The summed E-state index contributed by atoms with van der Waals surface area (Å²) in [5.41, 5.74) is 0.